The van der Waals surface area contributed by atoms with Crippen LogP contribution in [0.5, 0.6) is 0 Å². The number of guanidine groups is 1. The minimum atomic E-state index is 0. The van der Waals surface area contributed by atoms with Gasteiger partial charge in [0.05, 0.1) is 12.8 Å². The third-order valence-electron chi connectivity index (χ3n) is 5.89. The Bertz CT molecular complexity index is 657. The summed E-state index contributed by atoms with van der Waals surface area (Å²) in [5.74, 6) is 2.21. The molecule has 0 unspecified atom stereocenters. The lowest BCUT2D eigenvalue weighted by Gasteiger charge is -2.37. The molecular weight excluding hydrogens is 521 g/mol. The third-order valence-corrected chi connectivity index (χ3v) is 5.89. The zero-order chi connectivity index (χ0) is 21.7. The third kappa shape index (κ3) is 9.27. The first-order valence-corrected chi connectivity index (χ1v) is 11.9. The summed E-state index contributed by atoms with van der Waals surface area (Å²) in [6.07, 6.45) is 7.00. The molecular formula is C23H40IN5O3. The lowest BCUT2D eigenvalue weighted by Crippen LogP contribution is -2.54. The highest BCUT2D eigenvalue weighted by Crippen LogP contribution is 2.10. The zero-order valence-electron chi connectivity index (χ0n) is 19.5. The Hall–Kier alpha value is -1.33. The van der Waals surface area contributed by atoms with Crippen LogP contribution >= 0.6 is 24.0 Å². The van der Waals surface area contributed by atoms with Gasteiger partial charge in [-0.15, -0.1) is 24.0 Å². The smallest absolute Gasteiger partial charge is 0.236 e. The maximum Gasteiger partial charge on any atom is 0.236 e. The topological polar surface area (TPSA) is 73.5 Å². The van der Waals surface area contributed by atoms with Crippen molar-refractivity contribution in [2.75, 3.05) is 72.1 Å². The van der Waals surface area contributed by atoms with E-state index in [1.807, 2.05) is 24.0 Å². The molecule has 2 aliphatic heterocycles. The molecule has 1 aromatic heterocycles. The summed E-state index contributed by atoms with van der Waals surface area (Å²) in [7, 11) is 0. The summed E-state index contributed by atoms with van der Waals surface area (Å²) in [5, 5.41) is 3.51. The minimum absolute atomic E-state index is 0. The summed E-state index contributed by atoms with van der Waals surface area (Å²) in [5.41, 5.74) is 0. The quantitative estimate of drug-likeness (QED) is 0.205. The monoisotopic (exact) mass is 561 g/mol. The van der Waals surface area contributed by atoms with Crippen LogP contribution in [0.4, 0.5) is 0 Å². The first kappa shape index (κ1) is 26.9. The number of likely N-dealkylation sites (tertiary alicyclic amines) is 1. The normalized spacial score (nSPS) is 17.8. The molecule has 1 amide bonds. The number of carbonyl (C=O) groups excluding carboxylic acids is 1. The van der Waals surface area contributed by atoms with Gasteiger partial charge in [-0.25, -0.2) is 0 Å². The van der Waals surface area contributed by atoms with Gasteiger partial charge in [0.1, 0.15) is 5.76 Å². The van der Waals surface area contributed by atoms with E-state index in [1.165, 1.54) is 6.42 Å². The molecule has 0 bridgehead atoms. The number of piperidine rings is 1. The van der Waals surface area contributed by atoms with Crippen LogP contribution in [0.15, 0.2) is 27.8 Å². The van der Waals surface area contributed by atoms with Crippen LogP contribution in [-0.4, -0.2) is 98.7 Å². The van der Waals surface area contributed by atoms with Gasteiger partial charge in [-0.05, 0) is 44.7 Å². The number of ether oxygens (including phenoxy) is 1. The maximum atomic E-state index is 12.6. The van der Waals surface area contributed by atoms with Crippen LogP contribution in [-0.2, 0) is 16.0 Å². The highest BCUT2D eigenvalue weighted by atomic mass is 127. The van der Waals surface area contributed by atoms with E-state index in [4.69, 9.17) is 14.1 Å². The maximum absolute atomic E-state index is 12.6. The molecule has 1 aromatic rings. The van der Waals surface area contributed by atoms with E-state index in [9.17, 15) is 4.79 Å². The van der Waals surface area contributed by atoms with Crippen molar-refractivity contribution in [1.82, 2.24) is 20.0 Å². The van der Waals surface area contributed by atoms with Crippen molar-refractivity contribution in [2.45, 2.75) is 39.0 Å². The van der Waals surface area contributed by atoms with Crippen molar-refractivity contribution < 1.29 is 13.9 Å². The molecule has 0 aromatic carbocycles. The van der Waals surface area contributed by atoms with E-state index in [2.05, 4.69) is 15.1 Å². The van der Waals surface area contributed by atoms with Gasteiger partial charge in [0.25, 0.3) is 0 Å². The Labute approximate surface area is 209 Å². The largest absolute Gasteiger partial charge is 0.469 e. The molecule has 0 radical (unpaired) electrons. The molecule has 0 aliphatic carbocycles. The van der Waals surface area contributed by atoms with Crippen LogP contribution in [0.1, 0.15) is 38.4 Å². The fraction of sp³-hybridized carbons (Fsp3) is 0.739. The summed E-state index contributed by atoms with van der Waals surface area (Å²) >= 11 is 0. The van der Waals surface area contributed by atoms with Crippen molar-refractivity contribution in [3.63, 3.8) is 0 Å². The molecule has 2 aliphatic rings. The van der Waals surface area contributed by atoms with Crippen molar-refractivity contribution in [3.8, 4) is 0 Å². The standard InChI is InChI=1S/C23H39N5O3.HI/c1-2-30-18-7-10-24-23(25-11-9-21-8-6-19-31-21)28-16-14-26(15-17-28)20-22(29)27-12-4-3-5-13-27;/h6,8,19H,2-5,7,9-18,20H2,1H3,(H,24,25);1H. The van der Waals surface area contributed by atoms with Crippen molar-refractivity contribution >= 4 is 35.8 Å². The van der Waals surface area contributed by atoms with Crippen LogP contribution < -0.4 is 5.32 Å². The molecule has 3 rings (SSSR count). The van der Waals surface area contributed by atoms with Gasteiger partial charge in [-0.3, -0.25) is 14.7 Å². The second kappa shape index (κ2) is 15.5. The van der Waals surface area contributed by atoms with Gasteiger partial charge >= 0.3 is 0 Å². The van der Waals surface area contributed by atoms with Crippen molar-refractivity contribution in [3.05, 3.63) is 24.2 Å². The number of piperazine rings is 1. The average Bonchev–Trinajstić information content (AvgIpc) is 3.32. The fourth-order valence-corrected chi connectivity index (χ4v) is 4.07. The number of nitrogens with zero attached hydrogens (tertiary/aromatic N) is 4. The number of hydrogen-bond donors (Lipinski definition) is 1. The first-order chi connectivity index (χ1) is 15.3. The van der Waals surface area contributed by atoms with Crippen molar-refractivity contribution in [2.24, 2.45) is 4.99 Å². The molecule has 1 N–H and O–H groups in total. The Morgan fingerprint density at radius 2 is 1.91 bits per heavy atom. The van der Waals surface area contributed by atoms with Gasteiger partial charge in [0.15, 0.2) is 5.96 Å². The van der Waals surface area contributed by atoms with Crippen LogP contribution in [0.2, 0.25) is 0 Å². The van der Waals surface area contributed by atoms with E-state index in [0.717, 1.165) is 103 Å². The fourth-order valence-electron chi connectivity index (χ4n) is 4.07. The zero-order valence-corrected chi connectivity index (χ0v) is 21.8. The lowest BCUT2D eigenvalue weighted by atomic mass is 10.1. The first-order valence-electron chi connectivity index (χ1n) is 11.9. The lowest BCUT2D eigenvalue weighted by molar-refractivity contribution is -0.133. The average molecular weight is 562 g/mol. The van der Waals surface area contributed by atoms with E-state index in [0.29, 0.717) is 6.54 Å². The highest BCUT2D eigenvalue weighted by Gasteiger charge is 2.24. The Morgan fingerprint density at radius 1 is 1.12 bits per heavy atom. The summed E-state index contributed by atoms with van der Waals surface area (Å²) in [6, 6.07) is 3.92. The molecule has 182 valence electrons. The number of furan rings is 1. The molecule has 2 saturated heterocycles. The van der Waals surface area contributed by atoms with Gasteiger partial charge in [0, 0.05) is 72.0 Å². The number of amides is 1. The van der Waals surface area contributed by atoms with Crippen molar-refractivity contribution in [1.29, 1.82) is 0 Å². The molecule has 8 nitrogen and oxygen atoms in total. The van der Waals surface area contributed by atoms with Crippen LogP contribution in [0, 0.1) is 0 Å². The highest BCUT2D eigenvalue weighted by molar-refractivity contribution is 14.0. The molecule has 0 saturated carbocycles. The van der Waals surface area contributed by atoms with E-state index < -0.39 is 0 Å². The number of carbonyl (C=O) groups is 1. The van der Waals surface area contributed by atoms with Gasteiger partial charge in [-0.1, -0.05) is 0 Å². The number of hydrogen-bond acceptors (Lipinski definition) is 5. The molecule has 0 spiro atoms. The molecule has 0 atom stereocenters. The van der Waals surface area contributed by atoms with Gasteiger partial charge in [0.2, 0.25) is 5.91 Å². The summed E-state index contributed by atoms with van der Waals surface area (Å²) in [4.78, 5) is 24.0. The Balaban J connectivity index is 0.00000363. The van der Waals surface area contributed by atoms with Crippen LogP contribution in [0.3, 0.4) is 0 Å². The number of rotatable bonds is 10. The van der Waals surface area contributed by atoms with E-state index >= 15 is 0 Å². The molecule has 2 fully saturated rings. The second-order valence-electron chi connectivity index (χ2n) is 8.22. The van der Waals surface area contributed by atoms with E-state index in [1.54, 1.807) is 6.26 Å². The Kier molecular flexibility index (Phi) is 13.0. The van der Waals surface area contributed by atoms with Crippen LogP contribution in [0.25, 0.3) is 0 Å². The van der Waals surface area contributed by atoms with Gasteiger partial charge in [-0.2, -0.15) is 0 Å². The number of nitrogens with one attached hydrogen (secondary N) is 1. The number of aliphatic imine (C=N–C) groups is 1. The van der Waals surface area contributed by atoms with Gasteiger partial charge < -0.3 is 24.3 Å². The predicted octanol–water partition coefficient (Wildman–Crippen LogP) is 2.44. The molecule has 32 heavy (non-hydrogen) atoms. The predicted molar refractivity (Wildman–Crippen MR) is 138 cm³/mol. The summed E-state index contributed by atoms with van der Waals surface area (Å²) < 4.78 is 10.9. The summed E-state index contributed by atoms with van der Waals surface area (Å²) in [6.45, 7) is 11.0. The minimum Gasteiger partial charge on any atom is -0.469 e. The molecule has 3 heterocycles. The Morgan fingerprint density at radius 3 is 2.59 bits per heavy atom. The molecule has 9 heteroatoms. The van der Waals surface area contributed by atoms with E-state index in [-0.39, 0.29) is 29.9 Å². The number of halogens is 1. The second-order valence-corrected chi connectivity index (χ2v) is 8.22. The SMILES string of the molecule is CCOCCCN=C(NCCc1ccco1)N1CCN(CC(=O)N2CCCCC2)CC1.I.